The highest BCUT2D eigenvalue weighted by molar-refractivity contribution is 14.0. The lowest BCUT2D eigenvalue weighted by molar-refractivity contribution is 0.0529. The first-order valence-corrected chi connectivity index (χ1v) is 8.21. The third-order valence-corrected chi connectivity index (χ3v) is 2.78. The van der Waals surface area contributed by atoms with Crippen molar-refractivity contribution in [3.8, 4) is 0 Å². The predicted molar refractivity (Wildman–Crippen MR) is 111 cm³/mol. The van der Waals surface area contributed by atoms with Crippen LogP contribution < -0.4 is 16.0 Å². The normalized spacial score (nSPS) is 11.3. The van der Waals surface area contributed by atoms with Crippen LogP contribution in [0.5, 0.6) is 0 Å². The van der Waals surface area contributed by atoms with E-state index in [9.17, 15) is 4.79 Å². The highest BCUT2D eigenvalue weighted by Crippen LogP contribution is 2.06. The summed E-state index contributed by atoms with van der Waals surface area (Å²) in [6.07, 6.45) is -0.421. The van der Waals surface area contributed by atoms with Crippen LogP contribution in [-0.4, -0.2) is 42.3 Å². The van der Waals surface area contributed by atoms with Crippen LogP contribution in [0.3, 0.4) is 0 Å². The van der Waals surface area contributed by atoms with Crippen LogP contribution in [-0.2, 0) is 11.3 Å². The Bertz CT molecular complexity index is 558. The molecule has 0 aromatic carbocycles. The second-order valence-corrected chi connectivity index (χ2v) is 6.32. The molecule has 25 heavy (non-hydrogen) atoms. The molecule has 0 radical (unpaired) electrons. The van der Waals surface area contributed by atoms with E-state index in [1.165, 1.54) is 0 Å². The number of nitrogens with zero attached hydrogens (tertiary/aromatic N) is 2. The number of halogens is 1. The fourth-order valence-corrected chi connectivity index (χ4v) is 1.85. The quantitative estimate of drug-likeness (QED) is 0.261. The summed E-state index contributed by atoms with van der Waals surface area (Å²) in [5.74, 6) is 0.687. The first-order chi connectivity index (χ1) is 11.3. The number of amides is 1. The van der Waals surface area contributed by atoms with Crippen molar-refractivity contribution in [1.29, 1.82) is 0 Å². The maximum absolute atomic E-state index is 11.6. The number of carbonyl (C=O) groups is 1. The minimum atomic E-state index is -0.491. The molecule has 0 aliphatic carbocycles. The molecule has 0 atom stereocenters. The van der Waals surface area contributed by atoms with Crippen LogP contribution >= 0.6 is 24.0 Å². The number of hydrogen-bond donors (Lipinski definition) is 3. The zero-order chi connectivity index (χ0) is 18.0. The SMILES string of the molecule is CCNC(=NCc1cccc(C)n1)NCCNC(=O)OC(C)(C)C.I. The van der Waals surface area contributed by atoms with E-state index in [0.717, 1.165) is 17.9 Å². The Labute approximate surface area is 167 Å². The van der Waals surface area contributed by atoms with Gasteiger partial charge in [-0.2, -0.15) is 0 Å². The van der Waals surface area contributed by atoms with Gasteiger partial charge in [0.15, 0.2) is 5.96 Å². The molecule has 0 bridgehead atoms. The van der Waals surface area contributed by atoms with Crippen LogP contribution in [0, 0.1) is 6.92 Å². The van der Waals surface area contributed by atoms with E-state index in [2.05, 4.69) is 25.9 Å². The number of pyridine rings is 1. The van der Waals surface area contributed by atoms with Crippen molar-refractivity contribution >= 4 is 36.0 Å². The van der Waals surface area contributed by atoms with Gasteiger partial charge in [-0.25, -0.2) is 9.79 Å². The summed E-state index contributed by atoms with van der Waals surface area (Å²) in [5.41, 5.74) is 1.40. The van der Waals surface area contributed by atoms with Crippen LogP contribution in [0.15, 0.2) is 23.2 Å². The Morgan fingerprint density at radius 2 is 1.88 bits per heavy atom. The molecule has 1 aromatic rings. The molecule has 0 unspecified atom stereocenters. The van der Waals surface area contributed by atoms with Gasteiger partial charge in [0.1, 0.15) is 5.60 Å². The molecule has 1 rings (SSSR count). The summed E-state index contributed by atoms with van der Waals surface area (Å²) in [5, 5.41) is 9.02. The fourth-order valence-electron chi connectivity index (χ4n) is 1.85. The zero-order valence-electron chi connectivity index (χ0n) is 15.7. The highest BCUT2D eigenvalue weighted by Gasteiger charge is 2.15. The standard InChI is InChI=1S/C17H29N5O2.HI/c1-6-18-15(21-12-14-9-7-8-13(2)22-14)19-10-11-20-16(23)24-17(3,4)5;/h7-9H,6,10-12H2,1-5H3,(H,20,23)(H2,18,19,21);1H. The van der Waals surface area contributed by atoms with E-state index in [4.69, 9.17) is 4.74 Å². The number of aliphatic imine (C=N–C) groups is 1. The van der Waals surface area contributed by atoms with Gasteiger partial charge in [0, 0.05) is 25.3 Å². The van der Waals surface area contributed by atoms with Gasteiger partial charge in [0.05, 0.1) is 12.2 Å². The predicted octanol–water partition coefficient (Wildman–Crippen LogP) is 2.59. The van der Waals surface area contributed by atoms with Gasteiger partial charge in [0.2, 0.25) is 0 Å². The molecule has 0 spiro atoms. The minimum absolute atomic E-state index is 0. The number of carbonyl (C=O) groups excluding carboxylic acids is 1. The first kappa shape index (κ1) is 23.4. The van der Waals surface area contributed by atoms with Gasteiger partial charge in [-0.15, -0.1) is 24.0 Å². The largest absolute Gasteiger partial charge is 0.444 e. The van der Waals surface area contributed by atoms with E-state index >= 15 is 0 Å². The van der Waals surface area contributed by atoms with Crippen LogP contribution in [0.2, 0.25) is 0 Å². The second-order valence-electron chi connectivity index (χ2n) is 6.32. The zero-order valence-corrected chi connectivity index (χ0v) is 18.0. The molecule has 0 aliphatic rings. The van der Waals surface area contributed by atoms with Crippen molar-refractivity contribution in [1.82, 2.24) is 20.9 Å². The number of aryl methyl sites for hydroxylation is 1. The van der Waals surface area contributed by atoms with Crippen LogP contribution in [0.1, 0.15) is 39.1 Å². The molecule has 1 amide bonds. The molecule has 0 fully saturated rings. The summed E-state index contributed by atoms with van der Waals surface area (Å²) in [6, 6.07) is 5.88. The Morgan fingerprint density at radius 3 is 2.48 bits per heavy atom. The number of aromatic nitrogens is 1. The van der Waals surface area contributed by atoms with Crippen LogP contribution in [0.4, 0.5) is 4.79 Å². The van der Waals surface area contributed by atoms with Gasteiger partial charge < -0.3 is 20.7 Å². The first-order valence-electron chi connectivity index (χ1n) is 8.21. The number of hydrogen-bond acceptors (Lipinski definition) is 4. The molecule has 7 nitrogen and oxygen atoms in total. The molecule has 0 aliphatic heterocycles. The van der Waals surface area contributed by atoms with Gasteiger partial charge >= 0.3 is 6.09 Å². The molecule has 0 saturated carbocycles. The van der Waals surface area contributed by atoms with Crippen molar-refractivity contribution in [2.75, 3.05) is 19.6 Å². The summed E-state index contributed by atoms with van der Waals surface area (Å²) >= 11 is 0. The van der Waals surface area contributed by atoms with E-state index < -0.39 is 11.7 Å². The highest BCUT2D eigenvalue weighted by atomic mass is 127. The van der Waals surface area contributed by atoms with E-state index in [0.29, 0.717) is 25.6 Å². The summed E-state index contributed by atoms with van der Waals surface area (Å²) < 4.78 is 5.18. The summed E-state index contributed by atoms with van der Waals surface area (Å²) in [6.45, 7) is 11.7. The Kier molecular flexibility index (Phi) is 11.1. The van der Waals surface area contributed by atoms with Crippen molar-refractivity contribution < 1.29 is 9.53 Å². The van der Waals surface area contributed by atoms with E-state index in [1.807, 2.05) is 52.8 Å². The smallest absolute Gasteiger partial charge is 0.407 e. The number of nitrogens with one attached hydrogen (secondary N) is 3. The molecule has 8 heteroatoms. The Hall–Kier alpha value is -1.58. The number of rotatable bonds is 6. The maximum atomic E-state index is 11.6. The lowest BCUT2D eigenvalue weighted by Crippen LogP contribution is -2.42. The van der Waals surface area contributed by atoms with Gasteiger partial charge in [-0.05, 0) is 46.8 Å². The lowest BCUT2D eigenvalue weighted by Gasteiger charge is -2.19. The Morgan fingerprint density at radius 1 is 1.20 bits per heavy atom. The number of guanidine groups is 1. The van der Waals surface area contributed by atoms with Crippen molar-refractivity contribution in [2.24, 2.45) is 4.99 Å². The second kappa shape index (κ2) is 11.9. The molecular formula is C17H30IN5O2. The molecule has 3 N–H and O–H groups in total. The topological polar surface area (TPSA) is 87.6 Å². The molecule has 0 saturated heterocycles. The van der Waals surface area contributed by atoms with Crippen molar-refractivity contribution in [2.45, 2.75) is 46.8 Å². The summed E-state index contributed by atoms with van der Waals surface area (Å²) in [4.78, 5) is 20.5. The number of ether oxygens (including phenoxy) is 1. The third kappa shape index (κ3) is 11.6. The molecular weight excluding hydrogens is 433 g/mol. The average molecular weight is 463 g/mol. The lowest BCUT2D eigenvalue weighted by atomic mass is 10.2. The summed E-state index contributed by atoms with van der Waals surface area (Å²) in [7, 11) is 0. The van der Waals surface area contributed by atoms with E-state index in [1.54, 1.807) is 0 Å². The Balaban J connectivity index is 0.00000576. The maximum Gasteiger partial charge on any atom is 0.407 e. The third-order valence-electron chi connectivity index (χ3n) is 2.78. The molecule has 1 aromatic heterocycles. The fraction of sp³-hybridized carbons (Fsp3) is 0.588. The molecule has 1 heterocycles. The molecule has 142 valence electrons. The van der Waals surface area contributed by atoms with Crippen molar-refractivity contribution in [3.05, 3.63) is 29.6 Å². The van der Waals surface area contributed by atoms with E-state index in [-0.39, 0.29) is 24.0 Å². The minimum Gasteiger partial charge on any atom is -0.444 e. The average Bonchev–Trinajstić information content (AvgIpc) is 2.47. The van der Waals surface area contributed by atoms with Crippen molar-refractivity contribution in [3.63, 3.8) is 0 Å². The van der Waals surface area contributed by atoms with Gasteiger partial charge in [-0.1, -0.05) is 6.07 Å². The van der Waals surface area contributed by atoms with Gasteiger partial charge in [0.25, 0.3) is 0 Å². The van der Waals surface area contributed by atoms with Gasteiger partial charge in [-0.3, -0.25) is 4.98 Å². The number of alkyl carbamates (subject to hydrolysis) is 1. The van der Waals surface area contributed by atoms with Crippen LogP contribution in [0.25, 0.3) is 0 Å². The monoisotopic (exact) mass is 463 g/mol.